The van der Waals surface area contributed by atoms with Gasteiger partial charge in [0.2, 0.25) is 0 Å². The fourth-order valence-corrected chi connectivity index (χ4v) is 3.62. The molecule has 1 aromatic heterocycles. The molecule has 3 heterocycles. The molecule has 0 unspecified atom stereocenters. The lowest BCUT2D eigenvalue weighted by Crippen LogP contribution is -2.33. The number of H-pyrrole nitrogens is 1. The van der Waals surface area contributed by atoms with E-state index in [0.717, 1.165) is 22.8 Å². The van der Waals surface area contributed by atoms with Gasteiger partial charge >= 0.3 is 5.97 Å². The number of hydrogen-bond donors (Lipinski definition) is 1. The minimum atomic E-state index is -0.802. The van der Waals surface area contributed by atoms with E-state index in [0.29, 0.717) is 11.5 Å². The Morgan fingerprint density at radius 2 is 1.91 bits per heavy atom. The molecule has 7 nitrogen and oxygen atoms in total. The third-order valence-electron chi connectivity index (χ3n) is 3.82. The van der Waals surface area contributed by atoms with Gasteiger partial charge in [0.15, 0.2) is 5.69 Å². The summed E-state index contributed by atoms with van der Waals surface area (Å²) in [6.07, 6.45) is 0.697. The monoisotopic (exact) mass is 329 g/mol. The van der Waals surface area contributed by atoms with Gasteiger partial charge in [0.1, 0.15) is 0 Å². The van der Waals surface area contributed by atoms with Crippen LogP contribution in [0.5, 0.6) is 0 Å². The molecule has 0 aliphatic carbocycles. The Morgan fingerprint density at radius 3 is 2.61 bits per heavy atom. The third kappa shape index (κ3) is 2.14. The minimum absolute atomic E-state index is 0.136. The Kier molecular flexibility index (Phi) is 3.19. The number of fused-ring (bicyclic) bond motifs is 2. The molecular weight excluding hydrogens is 318 g/mol. The maximum absolute atomic E-state index is 12.3. The number of hydrogen-bond acceptors (Lipinski definition) is 6. The highest BCUT2D eigenvalue weighted by molar-refractivity contribution is 7.98. The number of thioether (sulfide) groups is 1. The molecule has 23 heavy (non-hydrogen) atoms. The van der Waals surface area contributed by atoms with E-state index in [-0.39, 0.29) is 16.8 Å². The van der Waals surface area contributed by atoms with Crippen molar-refractivity contribution in [3.05, 3.63) is 52.3 Å². The van der Waals surface area contributed by atoms with Crippen molar-refractivity contribution in [2.24, 2.45) is 0 Å². The maximum atomic E-state index is 12.3. The Balaban J connectivity index is 1.60. The van der Waals surface area contributed by atoms with Crippen LogP contribution in [0.25, 0.3) is 0 Å². The molecule has 0 spiro atoms. The molecule has 8 heteroatoms. The number of imide groups is 1. The molecular formula is C15H11N3O4S. The Morgan fingerprint density at radius 1 is 1.22 bits per heavy atom. The molecule has 0 fully saturated rings. The van der Waals surface area contributed by atoms with Gasteiger partial charge in [-0.15, -0.1) is 0 Å². The van der Waals surface area contributed by atoms with Crippen LogP contribution in [-0.4, -0.2) is 38.8 Å². The predicted molar refractivity (Wildman–Crippen MR) is 80.8 cm³/mol. The first kappa shape index (κ1) is 14.0. The van der Waals surface area contributed by atoms with Crippen LogP contribution in [0.2, 0.25) is 0 Å². The van der Waals surface area contributed by atoms with Crippen LogP contribution < -0.4 is 0 Å². The van der Waals surface area contributed by atoms with Gasteiger partial charge in [-0.05, 0) is 24.3 Å². The fourth-order valence-electron chi connectivity index (χ4n) is 2.68. The number of rotatable bonds is 2. The van der Waals surface area contributed by atoms with Crippen molar-refractivity contribution in [2.75, 3.05) is 5.75 Å². The maximum Gasteiger partial charge on any atom is 0.384 e. The highest BCUT2D eigenvalue weighted by atomic mass is 32.2. The number of carbonyl (C=O) groups excluding carboxylic acids is 3. The first-order valence-electron chi connectivity index (χ1n) is 7.01. The molecule has 0 saturated heterocycles. The topological polar surface area (TPSA) is 92.4 Å². The van der Waals surface area contributed by atoms with E-state index in [9.17, 15) is 14.4 Å². The summed E-state index contributed by atoms with van der Waals surface area (Å²) in [7, 11) is 0. The van der Waals surface area contributed by atoms with Crippen LogP contribution in [0.4, 0.5) is 0 Å². The van der Waals surface area contributed by atoms with Gasteiger partial charge in [-0.2, -0.15) is 16.9 Å². The van der Waals surface area contributed by atoms with Gasteiger partial charge in [0.05, 0.1) is 11.1 Å². The van der Waals surface area contributed by atoms with E-state index < -0.39 is 17.8 Å². The molecule has 2 aromatic rings. The number of benzene rings is 1. The average Bonchev–Trinajstić information content (AvgIpc) is 3.11. The summed E-state index contributed by atoms with van der Waals surface area (Å²) in [5, 5.41) is 7.29. The number of amides is 2. The fraction of sp³-hybridized carbons (Fsp3) is 0.200. The Labute approximate surface area is 134 Å². The summed E-state index contributed by atoms with van der Waals surface area (Å²) < 4.78 is 0. The van der Waals surface area contributed by atoms with Gasteiger partial charge in [0.25, 0.3) is 11.8 Å². The normalized spacial score (nSPS) is 16.3. The molecule has 0 atom stereocenters. The van der Waals surface area contributed by atoms with E-state index in [1.165, 1.54) is 12.1 Å². The highest BCUT2D eigenvalue weighted by Crippen LogP contribution is 2.27. The van der Waals surface area contributed by atoms with Gasteiger partial charge < -0.3 is 4.84 Å². The van der Waals surface area contributed by atoms with Gasteiger partial charge in [-0.1, -0.05) is 17.2 Å². The van der Waals surface area contributed by atoms with Gasteiger partial charge in [-0.3, -0.25) is 14.7 Å². The van der Waals surface area contributed by atoms with Crippen LogP contribution >= 0.6 is 11.8 Å². The number of hydroxylamine groups is 2. The summed E-state index contributed by atoms with van der Waals surface area (Å²) >= 11 is 1.75. The minimum Gasteiger partial charge on any atom is -0.322 e. The lowest BCUT2D eigenvalue weighted by atomic mass is 10.1. The zero-order valence-electron chi connectivity index (χ0n) is 11.9. The lowest BCUT2D eigenvalue weighted by Gasteiger charge is -2.13. The quantitative estimate of drug-likeness (QED) is 0.841. The van der Waals surface area contributed by atoms with Gasteiger partial charge in [0, 0.05) is 17.0 Å². The molecule has 0 saturated carbocycles. The van der Waals surface area contributed by atoms with Crippen LogP contribution in [-0.2, 0) is 17.0 Å². The second-order valence-corrected chi connectivity index (χ2v) is 6.27. The molecule has 0 radical (unpaired) electrons. The second kappa shape index (κ2) is 5.24. The number of nitrogens with one attached hydrogen (secondary N) is 1. The number of carbonyl (C=O) groups is 3. The van der Waals surface area contributed by atoms with E-state index in [2.05, 4.69) is 10.2 Å². The van der Waals surface area contributed by atoms with Crippen molar-refractivity contribution in [1.82, 2.24) is 15.3 Å². The van der Waals surface area contributed by atoms with Crippen molar-refractivity contribution in [3.63, 3.8) is 0 Å². The van der Waals surface area contributed by atoms with E-state index in [4.69, 9.17) is 4.84 Å². The molecule has 0 bridgehead atoms. The lowest BCUT2D eigenvalue weighted by molar-refractivity contribution is -0.0589. The standard InChI is InChI=1S/C15H11N3O4S/c19-13-8-3-1-2-4-9(8)14(20)18(13)22-15(21)12-10-5-6-23-7-11(10)16-17-12/h1-4H,5-7H2,(H,16,17). The molecule has 4 rings (SSSR count). The van der Waals surface area contributed by atoms with E-state index in [1.54, 1.807) is 23.9 Å². The van der Waals surface area contributed by atoms with Crippen molar-refractivity contribution < 1.29 is 19.2 Å². The largest absolute Gasteiger partial charge is 0.384 e. The first-order valence-corrected chi connectivity index (χ1v) is 8.16. The second-order valence-electron chi connectivity index (χ2n) is 5.16. The molecule has 1 N–H and O–H groups in total. The summed E-state index contributed by atoms with van der Waals surface area (Å²) in [5.74, 6) is -0.440. The smallest absolute Gasteiger partial charge is 0.322 e. The summed E-state index contributed by atoms with van der Waals surface area (Å²) in [6.45, 7) is 0. The molecule has 2 aliphatic heterocycles. The third-order valence-corrected chi connectivity index (χ3v) is 4.81. The summed E-state index contributed by atoms with van der Waals surface area (Å²) in [5.41, 5.74) is 2.27. The van der Waals surface area contributed by atoms with E-state index >= 15 is 0 Å². The highest BCUT2D eigenvalue weighted by Gasteiger charge is 2.39. The van der Waals surface area contributed by atoms with Crippen LogP contribution in [0.3, 0.4) is 0 Å². The summed E-state index contributed by atoms with van der Waals surface area (Å²) in [4.78, 5) is 41.7. The van der Waals surface area contributed by atoms with Gasteiger partial charge in [-0.25, -0.2) is 4.79 Å². The van der Waals surface area contributed by atoms with Crippen molar-refractivity contribution >= 4 is 29.5 Å². The summed E-state index contributed by atoms with van der Waals surface area (Å²) in [6, 6.07) is 6.35. The average molecular weight is 329 g/mol. The van der Waals surface area contributed by atoms with Crippen molar-refractivity contribution in [3.8, 4) is 0 Å². The van der Waals surface area contributed by atoms with Crippen LogP contribution in [0, 0.1) is 0 Å². The van der Waals surface area contributed by atoms with E-state index in [1.807, 2.05) is 0 Å². The molecule has 116 valence electrons. The zero-order chi connectivity index (χ0) is 16.0. The predicted octanol–water partition coefficient (Wildman–Crippen LogP) is 1.57. The number of nitrogens with zero attached hydrogens (tertiary/aromatic N) is 2. The number of aromatic amines is 1. The van der Waals surface area contributed by atoms with Crippen molar-refractivity contribution in [1.29, 1.82) is 0 Å². The number of aromatic nitrogens is 2. The SMILES string of the molecule is O=C(ON1C(=O)c2ccccc2C1=O)c1n[nH]c2c1CCSC2. The molecule has 2 aliphatic rings. The molecule has 2 amide bonds. The van der Waals surface area contributed by atoms with Crippen LogP contribution in [0.15, 0.2) is 24.3 Å². The first-order chi connectivity index (χ1) is 11.2. The molecule has 1 aromatic carbocycles. The van der Waals surface area contributed by atoms with Crippen molar-refractivity contribution in [2.45, 2.75) is 12.2 Å². The van der Waals surface area contributed by atoms with Crippen LogP contribution in [0.1, 0.15) is 42.5 Å². The Hall–Kier alpha value is -2.61. The Bertz CT molecular complexity index is 810. The zero-order valence-corrected chi connectivity index (χ0v) is 12.7.